The van der Waals surface area contributed by atoms with Crippen molar-refractivity contribution in [1.82, 2.24) is 20.5 Å². The van der Waals surface area contributed by atoms with E-state index in [1.165, 1.54) is 29.0 Å². The third kappa shape index (κ3) is 9.08. The highest BCUT2D eigenvalue weighted by atomic mass is 32.1. The minimum absolute atomic E-state index is 0.0649. The summed E-state index contributed by atoms with van der Waals surface area (Å²) in [6.45, 7) is 4.16. The number of aromatic hydroxyl groups is 1. The van der Waals surface area contributed by atoms with Gasteiger partial charge in [-0.15, -0.1) is 11.3 Å². The average Bonchev–Trinajstić information content (AvgIpc) is 3.58. The number of nitrogens with zero attached hydrogens (tertiary/aromatic N) is 1. The summed E-state index contributed by atoms with van der Waals surface area (Å²) in [6, 6.07) is 44.0. The van der Waals surface area contributed by atoms with Crippen molar-refractivity contribution >= 4 is 34.1 Å². The first-order valence-corrected chi connectivity index (χ1v) is 22.0. The van der Waals surface area contributed by atoms with Crippen LogP contribution in [0.15, 0.2) is 150 Å². The summed E-state index contributed by atoms with van der Waals surface area (Å²) in [5.41, 5.74) is 2.94. The lowest BCUT2D eigenvalue weighted by atomic mass is 9.85. The first-order chi connectivity index (χ1) is 30.6. The molecule has 63 heavy (non-hydrogen) atoms. The number of fused-ring (bicyclic) bond motifs is 2. The van der Waals surface area contributed by atoms with Crippen LogP contribution in [0, 0.1) is 17.8 Å². The predicted molar refractivity (Wildman–Crippen MR) is 243 cm³/mol. The Labute approximate surface area is 368 Å². The number of carbonyl (C=O) groups is 2. The third-order valence-corrected chi connectivity index (χ3v) is 13.5. The Hall–Kier alpha value is -6.41. The van der Waals surface area contributed by atoms with Crippen molar-refractivity contribution in [1.29, 1.82) is 0 Å². The molecule has 1 aliphatic carbocycles. The maximum absolute atomic E-state index is 14.0. The standard InChI is InChI=1S/C51H48N4O7S/c56-44-21-19-39(40-20-23-47(58)54-48(40)44)45(57)27-52-25-32-14-16-34(17-15-32)49(59)53-26-38-18-22-46(63-38)35-10-7-13-37(24-35)51(61,36-11-5-2-6-12-36)50(60)62-31-43-41-29-55(30-42(41)43)28-33-8-3-1-4-9-33/h1-24,41-43,45,52,56-57,61H,25-31H2,(H,53,59)(H,54,58)/t41-,42?,43?,45+,51+/m1/s1. The van der Waals surface area contributed by atoms with Crippen molar-refractivity contribution in [2.75, 3.05) is 26.2 Å². The maximum atomic E-state index is 14.0. The number of pyridine rings is 1. The molecule has 0 bridgehead atoms. The van der Waals surface area contributed by atoms with Gasteiger partial charge in [0.1, 0.15) is 5.75 Å². The minimum Gasteiger partial charge on any atom is -0.506 e. The number of amides is 1. The van der Waals surface area contributed by atoms with Gasteiger partial charge in [-0.2, -0.15) is 0 Å². The topological polar surface area (TPSA) is 164 Å². The number of aromatic amines is 1. The highest BCUT2D eigenvalue weighted by Crippen LogP contribution is 2.52. The molecule has 1 amide bonds. The first kappa shape index (κ1) is 41.9. The SMILES string of the molecule is O=C(NCc1ccc(-c2cccc([C@](O)(C(=O)OCC3C4CN(Cc5ccccc5)C[C@@H]34)c3ccccc3)c2)s1)c1ccc(CNC[C@H](O)c2ccc(O)c3[nH]c(=O)ccc23)cc1. The van der Waals surface area contributed by atoms with Crippen LogP contribution in [0.3, 0.4) is 0 Å². The van der Waals surface area contributed by atoms with Crippen LogP contribution in [0.4, 0.5) is 0 Å². The van der Waals surface area contributed by atoms with E-state index in [2.05, 4.69) is 44.8 Å². The van der Waals surface area contributed by atoms with Gasteiger partial charge in [0.15, 0.2) is 0 Å². The second-order valence-corrected chi connectivity index (χ2v) is 17.7. The van der Waals surface area contributed by atoms with Gasteiger partial charge < -0.3 is 35.7 Å². The zero-order valence-electron chi connectivity index (χ0n) is 34.4. The molecule has 11 nitrogen and oxygen atoms in total. The number of benzene rings is 5. The second-order valence-electron chi connectivity index (χ2n) is 16.5. The number of esters is 1. The molecule has 3 heterocycles. The molecule has 1 saturated heterocycles. The smallest absolute Gasteiger partial charge is 0.347 e. The molecule has 320 valence electrons. The van der Waals surface area contributed by atoms with Gasteiger partial charge in [-0.1, -0.05) is 97.1 Å². The van der Waals surface area contributed by atoms with Gasteiger partial charge in [-0.3, -0.25) is 14.5 Å². The fraction of sp³-hybridized carbons (Fsp3) is 0.235. The number of carbonyl (C=O) groups excluding carboxylic acids is 2. The highest BCUT2D eigenvalue weighted by molar-refractivity contribution is 7.15. The fourth-order valence-corrected chi connectivity index (χ4v) is 9.84. The molecule has 0 spiro atoms. The van der Waals surface area contributed by atoms with E-state index in [4.69, 9.17) is 4.74 Å². The van der Waals surface area contributed by atoms with Crippen LogP contribution in [0.2, 0.25) is 0 Å². The summed E-state index contributed by atoms with van der Waals surface area (Å²) in [5, 5.41) is 40.1. The second kappa shape index (κ2) is 18.1. The number of likely N-dealkylation sites (tertiary alicyclic amines) is 1. The monoisotopic (exact) mass is 860 g/mol. The van der Waals surface area contributed by atoms with Gasteiger partial charge in [0.05, 0.1) is 24.8 Å². The Morgan fingerprint density at radius 2 is 1.54 bits per heavy atom. The number of H-pyrrole nitrogens is 1. The van der Waals surface area contributed by atoms with Crippen molar-refractivity contribution in [2.45, 2.75) is 31.3 Å². The van der Waals surface area contributed by atoms with Crippen LogP contribution in [-0.4, -0.2) is 63.3 Å². The molecule has 6 N–H and O–H groups in total. The number of aliphatic hydroxyl groups is 2. The highest BCUT2D eigenvalue weighted by Gasteiger charge is 2.56. The van der Waals surface area contributed by atoms with E-state index < -0.39 is 17.7 Å². The Kier molecular flexibility index (Phi) is 12.1. The Morgan fingerprint density at radius 3 is 2.30 bits per heavy atom. The van der Waals surface area contributed by atoms with Gasteiger partial charge in [0, 0.05) is 71.0 Å². The summed E-state index contributed by atoms with van der Waals surface area (Å²) in [7, 11) is 0. The molecular weight excluding hydrogens is 813 g/mol. The number of thiophene rings is 1. The maximum Gasteiger partial charge on any atom is 0.347 e. The van der Waals surface area contributed by atoms with Crippen LogP contribution >= 0.6 is 11.3 Å². The summed E-state index contributed by atoms with van der Waals surface area (Å²) in [5.74, 6) is 0.310. The van der Waals surface area contributed by atoms with Gasteiger partial charge in [0.2, 0.25) is 11.2 Å². The zero-order chi connectivity index (χ0) is 43.5. The van der Waals surface area contributed by atoms with Crippen LogP contribution in [-0.2, 0) is 34.8 Å². The van der Waals surface area contributed by atoms with E-state index in [9.17, 15) is 29.7 Å². The first-order valence-electron chi connectivity index (χ1n) is 21.2. The molecule has 2 unspecified atom stereocenters. The molecule has 9 rings (SSSR count). The number of hydrogen-bond acceptors (Lipinski definition) is 10. The van der Waals surface area contributed by atoms with E-state index >= 15 is 0 Å². The number of piperidine rings is 1. The number of hydrogen-bond donors (Lipinski definition) is 6. The number of aromatic nitrogens is 1. The molecule has 7 aromatic rings. The predicted octanol–water partition coefficient (Wildman–Crippen LogP) is 6.87. The molecule has 2 aliphatic rings. The number of ether oxygens (including phenoxy) is 1. The number of aliphatic hydroxyl groups excluding tert-OH is 1. The molecule has 5 aromatic carbocycles. The number of phenolic OH excluding ortho intramolecular Hbond substituents is 1. The number of nitrogens with one attached hydrogen (secondary N) is 3. The Bertz CT molecular complexity index is 2780. The van der Waals surface area contributed by atoms with Crippen LogP contribution < -0.4 is 16.2 Å². The van der Waals surface area contributed by atoms with E-state index in [1.807, 2.05) is 54.6 Å². The van der Waals surface area contributed by atoms with Gasteiger partial charge in [-0.25, -0.2) is 4.79 Å². The van der Waals surface area contributed by atoms with Crippen molar-refractivity contribution in [3.63, 3.8) is 0 Å². The zero-order valence-corrected chi connectivity index (χ0v) is 35.3. The normalized spacial score (nSPS) is 18.3. The van der Waals surface area contributed by atoms with Crippen molar-refractivity contribution in [2.24, 2.45) is 17.8 Å². The lowest BCUT2D eigenvalue weighted by molar-refractivity contribution is -0.163. The lowest BCUT2D eigenvalue weighted by Gasteiger charge is -2.28. The Morgan fingerprint density at radius 1 is 0.810 bits per heavy atom. The van der Waals surface area contributed by atoms with E-state index in [1.54, 1.807) is 54.6 Å². The largest absolute Gasteiger partial charge is 0.506 e. The Balaban J connectivity index is 0.785. The van der Waals surface area contributed by atoms with Crippen molar-refractivity contribution < 1.29 is 29.6 Å². The van der Waals surface area contributed by atoms with E-state index in [-0.39, 0.29) is 35.9 Å². The van der Waals surface area contributed by atoms with Crippen LogP contribution in [0.1, 0.15) is 49.2 Å². The fourth-order valence-electron chi connectivity index (χ4n) is 8.89. The summed E-state index contributed by atoms with van der Waals surface area (Å²) in [4.78, 5) is 45.8. The average molecular weight is 861 g/mol. The molecule has 12 heteroatoms. The summed E-state index contributed by atoms with van der Waals surface area (Å²) in [6.07, 6.45) is -0.887. The van der Waals surface area contributed by atoms with E-state index in [0.29, 0.717) is 58.5 Å². The molecular formula is C51H48N4O7S. The van der Waals surface area contributed by atoms with Gasteiger partial charge in [0.25, 0.3) is 5.91 Å². The third-order valence-electron chi connectivity index (χ3n) is 12.4. The molecule has 2 fully saturated rings. The molecule has 0 radical (unpaired) electrons. The van der Waals surface area contributed by atoms with Crippen molar-refractivity contribution in [3.05, 3.63) is 194 Å². The van der Waals surface area contributed by atoms with Gasteiger partial charge in [-0.05, 0) is 82.1 Å². The number of rotatable bonds is 16. The lowest BCUT2D eigenvalue weighted by Crippen LogP contribution is -2.39. The van der Waals surface area contributed by atoms with Crippen LogP contribution in [0.5, 0.6) is 5.75 Å². The van der Waals surface area contributed by atoms with E-state index in [0.717, 1.165) is 40.5 Å². The van der Waals surface area contributed by atoms with Gasteiger partial charge >= 0.3 is 5.97 Å². The van der Waals surface area contributed by atoms with Crippen LogP contribution in [0.25, 0.3) is 21.3 Å². The quantitative estimate of drug-likeness (QED) is 0.0570. The number of phenols is 1. The summed E-state index contributed by atoms with van der Waals surface area (Å²) >= 11 is 1.52. The molecule has 1 saturated carbocycles. The minimum atomic E-state index is -2.01. The summed E-state index contributed by atoms with van der Waals surface area (Å²) < 4.78 is 5.96. The molecule has 2 aromatic heterocycles. The van der Waals surface area contributed by atoms with Crippen molar-refractivity contribution in [3.8, 4) is 16.2 Å². The molecule has 1 aliphatic heterocycles. The molecule has 5 atom stereocenters.